The van der Waals surface area contributed by atoms with Gasteiger partial charge in [0, 0.05) is 13.1 Å². The van der Waals surface area contributed by atoms with E-state index < -0.39 is 0 Å². The van der Waals surface area contributed by atoms with E-state index in [1.165, 1.54) is 0 Å². The van der Waals surface area contributed by atoms with Crippen LogP contribution in [-0.4, -0.2) is 17.1 Å². The van der Waals surface area contributed by atoms with Crippen molar-refractivity contribution in [3.63, 3.8) is 0 Å². The Hall–Kier alpha value is -3.83. The number of hydrogen-bond donors (Lipinski definition) is 1. The van der Waals surface area contributed by atoms with Crippen LogP contribution in [0.15, 0.2) is 91.0 Å². The number of thiazole rings is 1. The number of anilines is 5. The SMILES string of the molecule is CN1c2ccccc2N(c2ccc(-c3nc4ccccc4s3)c(O)c2)c2ccccc21. The Morgan fingerprint density at radius 1 is 0.742 bits per heavy atom. The van der Waals surface area contributed by atoms with Gasteiger partial charge in [0.2, 0.25) is 0 Å². The van der Waals surface area contributed by atoms with E-state index in [2.05, 4.69) is 65.4 Å². The minimum absolute atomic E-state index is 0.227. The van der Waals surface area contributed by atoms with Gasteiger partial charge in [-0.2, -0.15) is 0 Å². The van der Waals surface area contributed by atoms with Crippen LogP contribution >= 0.6 is 11.3 Å². The molecule has 4 aromatic carbocycles. The van der Waals surface area contributed by atoms with E-state index in [0.29, 0.717) is 0 Å². The number of benzene rings is 4. The summed E-state index contributed by atoms with van der Waals surface area (Å²) < 4.78 is 1.11. The molecular weight excluding hydrogens is 402 g/mol. The van der Waals surface area contributed by atoms with E-state index in [-0.39, 0.29) is 5.75 Å². The molecule has 0 atom stereocenters. The molecule has 0 unspecified atom stereocenters. The molecule has 1 N–H and O–H groups in total. The first-order chi connectivity index (χ1) is 15.2. The number of rotatable bonds is 2. The van der Waals surface area contributed by atoms with E-state index in [9.17, 15) is 5.11 Å². The van der Waals surface area contributed by atoms with E-state index in [1.807, 2.05) is 42.5 Å². The van der Waals surface area contributed by atoms with Gasteiger partial charge < -0.3 is 14.9 Å². The van der Waals surface area contributed by atoms with Crippen LogP contribution in [0.5, 0.6) is 5.75 Å². The average Bonchev–Trinajstić information content (AvgIpc) is 3.23. The third-order valence-electron chi connectivity index (χ3n) is 5.73. The molecule has 0 aliphatic carbocycles. The summed E-state index contributed by atoms with van der Waals surface area (Å²) in [6.07, 6.45) is 0. The molecule has 0 saturated heterocycles. The molecule has 0 fully saturated rings. The van der Waals surface area contributed by atoms with Gasteiger partial charge in [-0.1, -0.05) is 36.4 Å². The van der Waals surface area contributed by atoms with Crippen molar-refractivity contribution in [1.29, 1.82) is 0 Å². The van der Waals surface area contributed by atoms with Crippen LogP contribution in [0.3, 0.4) is 0 Å². The average molecular weight is 422 g/mol. The minimum atomic E-state index is 0.227. The number of para-hydroxylation sites is 5. The summed E-state index contributed by atoms with van der Waals surface area (Å²) in [5, 5.41) is 11.8. The number of hydrogen-bond acceptors (Lipinski definition) is 5. The third-order valence-corrected chi connectivity index (χ3v) is 6.80. The second-order valence-electron chi connectivity index (χ2n) is 7.56. The maximum absolute atomic E-state index is 11.0. The first kappa shape index (κ1) is 18.0. The zero-order valence-corrected chi connectivity index (χ0v) is 17.7. The second-order valence-corrected chi connectivity index (χ2v) is 8.59. The lowest BCUT2D eigenvalue weighted by atomic mass is 10.1. The quantitative estimate of drug-likeness (QED) is 0.327. The Balaban J connectivity index is 1.50. The molecule has 0 spiro atoms. The van der Waals surface area contributed by atoms with Gasteiger partial charge in [-0.15, -0.1) is 11.3 Å². The van der Waals surface area contributed by atoms with Gasteiger partial charge in [-0.05, 0) is 48.5 Å². The van der Waals surface area contributed by atoms with E-state index in [1.54, 1.807) is 11.3 Å². The van der Waals surface area contributed by atoms with Crippen LogP contribution in [0.2, 0.25) is 0 Å². The zero-order chi connectivity index (χ0) is 20.9. The molecule has 0 bridgehead atoms. The van der Waals surface area contributed by atoms with Crippen molar-refractivity contribution in [1.82, 2.24) is 4.98 Å². The van der Waals surface area contributed by atoms with Crippen molar-refractivity contribution < 1.29 is 5.11 Å². The second kappa shape index (κ2) is 6.86. The normalized spacial score (nSPS) is 12.7. The molecule has 6 rings (SSSR count). The molecular formula is C26H19N3OS. The first-order valence-corrected chi connectivity index (χ1v) is 10.9. The summed E-state index contributed by atoms with van der Waals surface area (Å²) in [5.74, 6) is 0.227. The van der Waals surface area contributed by atoms with Crippen molar-refractivity contribution in [2.45, 2.75) is 0 Å². The standard InChI is InChI=1S/C26H19N3OS/c1-28-20-9-3-5-11-22(20)29(23-12-6-4-10-21(23)28)17-14-15-18(24(30)16-17)26-27-19-8-2-7-13-25(19)31-26/h2-16,30H,1H3. The van der Waals surface area contributed by atoms with Crippen LogP contribution in [-0.2, 0) is 0 Å². The zero-order valence-electron chi connectivity index (χ0n) is 16.9. The maximum atomic E-state index is 11.0. The lowest BCUT2D eigenvalue weighted by molar-refractivity contribution is 0.477. The van der Waals surface area contributed by atoms with Crippen molar-refractivity contribution in [2.75, 3.05) is 16.8 Å². The number of fused-ring (bicyclic) bond motifs is 3. The molecule has 4 nitrogen and oxygen atoms in total. The summed E-state index contributed by atoms with van der Waals surface area (Å²) in [5.41, 5.74) is 7.02. The third kappa shape index (κ3) is 2.78. The van der Waals surface area contributed by atoms with Crippen molar-refractivity contribution in [3.8, 4) is 16.3 Å². The van der Waals surface area contributed by atoms with Crippen LogP contribution in [0, 0.1) is 0 Å². The summed E-state index contributed by atoms with van der Waals surface area (Å²) >= 11 is 1.59. The minimum Gasteiger partial charge on any atom is -0.507 e. The van der Waals surface area contributed by atoms with Crippen LogP contribution in [0.4, 0.5) is 28.4 Å². The summed E-state index contributed by atoms with van der Waals surface area (Å²) in [6, 6.07) is 30.6. The molecule has 0 radical (unpaired) electrons. The van der Waals surface area contributed by atoms with Gasteiger partial charge in [-0.25, -0.2) is 4.98 Å². The lowest BCUT2D eigenvalue weighted by Crippen LogP contribution is -2.23. The van der Waals surface area contributed by atoms with Gasteiger partial charge in [-0.3, -0.25) is 0 Å². The van der Waals surface area contributed by atoms with E-state index in [4.69, 9.17) is 4.98 Å². The van der Waals surface area contributed by atoms with Crippen LogP contribution < -0.4 is 9.80 Å². The van der Waals surface area contributed by atoms with E-state index >= 15 is 0 Å². The fourth-order valence-corrected chi connectivity index (χ4v) is 5.24. The summed E-state index contributed by atoms with van der Waals surface area (Å²) in [7, 11) is 2.09. The Morgan fingerprint density at radius 2 is 1.35 bits per heavy atom. The van der Waals surface area contributed by atoms with Crippen molar-refractivity contribution >= 4 is 50.0 Å². The summed E-state index contributed by atoms with van der Waals surface area (Å²) in [4.78, 5) is 9.11. The number of phenols is 1. The molecule has 5 aromatic rings. The highest BCUT2D eigenvalue weighted by Gasteiger charge is 2.27. The summed E-state index contributed by atoms with van der Waals surface area (Å²) in [6.45, 7) is 0. The molecule has 2 heterocycles. The topological polar surface area (TPSA) is 39.6 Å². The highest BCUT2D eigenvalue weighted by molar-refractivity contribution is 7.21. The smallest absolute Gasteiger partial charge is 0.128 e. The van der Waals surface area contributed by atoms with Gasteiger partial charge in [0.1, 0.15) is 10.8 Å². The molecule has 0 saturated carbocycles. The van der Waals surface area contributed by atoms with Crippen LogP contribution in [0.1, 0.15) is 0 Å². The highest BCUT2D eigenvalue weighted by atomic mass is 32.1. The van der Waals surface area contributed by atoms with Crippen LogP contribution in [0.25, 0.3) is 20.8 Å². The van der Waals surface area contributed by atoms with Gasteiger partial charge in [0.15, 0.2) is 0 Å². The number of aromatic nitrogens is 1. The highest BCUT2D eigenvalue weighted by Crippen LogP contribution is 2.51. The molecule has 5 heteroatoms. The largest absolute Gasteiger partial charge is 0.507 e. The van der Waals surface area contributed by atoms with E-state index in [0.717, 1.165) is 49.2 Å². The predicted octanol–water partition coefficient (Wildman–Crippen LogP) is 7.22. The molecule has 1 aliphatic heterocycles. The van der Waals surface area contributed by atoms with Crippen molar-refractivity contribution in [3.05, 3.63) is 91.0 Å². The monoisotopic (exact) mass is 421 g/mol. The fraction of sp³-hybridized carbons (Fsp3) is 0.0385. The molecule has 0 amide bonds. The molecule has 1 aliphatic rings. The predicted molar refractivity (Wildman–Crippen MR) is 129 cm³/mol. The maximum Gasteiger partial charge on any atom is 0.128 e. The molecule has 31 heavy (non-hydrogen) atoms. The first-order valence-electron chi connectivity index (χ1n) is 10.1. The van der Waals surface area contributed by atoms with Gasteiger partial charge >= 0.3 is 0 Å². The lowest BCUT2D eigenvalue weighted by Gasteiger charge is -2.38. The fourth-order valence-electron chi connectivity index (χ4n) is 4.24. The number of nitrogens with zero attached hydrogens (tertiary/aromatic N) is 3. The van der Waals surface area contributed by atoms with Gasteiger partial charge in [0.25, 0.3) is 0 Å². The number of phenolic OH excluding ortho intramolecular Hbond substituents is 1. The molecule has 150 valence electrons. The van der Waals surface area contributed by atoms with Gasteiger partial charge in [0.05, 0.1) is 44.2 Å². The van der Waals surface area contributed by atoms with Crippen molar-refractivity contribution in [2.24, 2.45) is 0 Å². The number of aromatic hydroxyl groups is 1. The molecule has 1 aromatic heterocycles. The Labute approximate surface area is 184 Å². The Morgan fingerprint density at radius 3 is 2.00 bits per heavy atom. The Kier molecular flexibility index (Phi) is 3.98. The Bertz CT molecular complexity index is 1360.